The lowest BCUT2D eigenvalue weighted by atomic mass is 10.2. The fourth-order valence-corrected chi connectivity index (χ4v) is 3.50. The van der Waals surface area contributed by atoms with Crippen LogP contribution >= 0.6 is 0 Å². The van der Waals surface area contributed by atoms with Gasteiger partial charge in [-0.25, -0.2) is 9.18 Å². The van der Waals surface area contributed by atoms with Crippen LogP contribution in [0.3, 0.4) is 0 Å². The van der Waals surface area contributed by atoms with Gasteiger partial charge >= 0.3 is 5.97 Å². The highest BCUT2D eigenvalue weighted by molar-refractivity contribution is 5.98. The first kappa shape index (κ1) is 20.4. The molecule has 4 aromatic rings. The predicted molar refractivity (Wildman–Crippen MR) is 117 cm³/mol. The Hall–Kier alpha value is -3.87. The second-order valence-corrected chi connectivity index (χ2v) is 7.18. The number of anilines is 1. The molecule has 0 saturated carbocycles. The van der Waals surface area contributed by atoms with Gasteiger partial charge in [-0.05, 0) is 62.4 Å². The zero-order valence-corrected chi connectivity index (χ0v) is 17.3. The Morgan fingerprint density at radius 3 is 2.39 bits per heavy atom. The minimum absolute atomic E-state index is 0.0566. The van der Waals surface area contributed by atoms with E-state index in [1.807, 2.05) is 48.0 Å². The molecule has 31 heavy (non-hydrogen) atoms. The average Bonchev–Trinajstić information content (AvgIpc) is 3.31. The highest BCUT2D eigenvalue weighted by Gasteiger charge is 2.21. The van der Waals surface area contributed by atoms with E-state index in [0.29, 0.717) is 11.2 Å². The summed E-state index contributed by atoms with van der Waals surface area (Å²) in [5.41, 5.74) is 4.22. The van der Waals surface area contributed by atoms with E-state index in [4.69, 9.17) is 4.74 Å². The van der Waals surface area contributed by atoms with Crippen LogP contribution in [0, 0.1) is 12.7 Å². The lowest BCUT2D eigenvalue weighted by molar-refractivity contribution is -0.116. The van der Waals surface area contributed by atoms with Gasteiger partial charge in [0.2, 0.25) is 5.91 Å². The molecule has 0 spiro atoms. The number of hydrogen-bond acceptors (Lipinski definition) is 3. The molecular weight excluding hydrogens is 397 g/mol. The molecule has 158 valence electrons. The number of nitrogens with one attached hydrogen (secondary N) is 1. The lowest BCUT2D eigenvalue weighted by Gasteiger charge is -2.10. The molecule has 0 bridgehead atoms. The number of aromatic nitrogens is 2. The zero-order chi connectivity index (χ0) is 22.0. The van der Waals surface area contributed by atoms with Crippen molar-refractivity contribution in [3.8, 4) is 5.69 Å². The van der Waals surface area contributed by atoms with Crippen LogP contribution in [0.2, 0.25) is 0 Å². The van der Waals surface area contributed by atoms with Crippen molar-refractivity contribution in [3.63, 3.8) is 0 Å². The molecule has 1 N–H and O–H groups in total. The summed E-state index contributed by atoms with van der Waals surface area (Å²) >= 11 is 0. The lowest BCUT2D eigenvalue weighted by Crippen LogP contribution is -2.22. The third-order valence-corrected chi connectivity index (χ3v) is 4.98. The molecule has 0 unspecified atom stereocenters. The number of ether oxygens (including phenoxy) is 1. The van der Waals surface area contributed by atoms with Gasteiger partial charge in [-0.2, -0.15) is 0 Å². The highest BCUT2D eigenvalue weighted by Crippen LogP contribution is 2.26. The molecule has 0 aliphatic rings. The van der Waals surface area contributed by atoms with Crippen LogP contribution < -0.4 is 5.32 Å². The van der Waals surface area contributed by atoms with E-state index in [-0.39, 0.29) is 30.6 Å². The number of halogens is 1. The van der Waals surface area contributed by atoms with Crippen molar-refractivity contribution in [1.82, 2.24) is 9.13 Å². The van der Waals surface area contributed by atoms with E-state index in [9.17, 15) is 14.0 Å². The largest absolute Gasteiger partial charge is 0.461 e. The Balaban J connectivity index is 1.70. The normalized spacial score (nSPS) is 10.9. The van der Waals surface area contributed by atoms with Gasteiger partial charge in [0.15, 0.2) is 0 Å². The van der Waals surface area contributed by atoms with Gasteiger partial charge < -0.3 is 19.2 Å². The Morgan fingerprint density at radius 2 is 1.71 bits per heavy atom. The summed E-state index contributed by atoms with van der Waals surface area (Å²) in [5, 5.41) is 2.85. The van der Waals surface area contributed by atoms with Crippen molar-refractivity contribution in [3.05, 3.63) is 83.9 Å². The first-order valence-electron chi connectivity index (χ1n) is 9.96. The molecule has 0 atom stereocenters. The van der Waals surface area contributed by atoms with Crippen molar-refractivity contribution >= 4 is 28.6 Å². The van der Waals surface area contributed by atoms with E-state index in [1.165, 1.54) is 12.1 Å². The van der Waals surface area contributed by atoms with E-state index < -0.39 is 5.97 Å². The van der Waals surface area contributed by atoms with Crippen molar-refractivity contribution in [1.29, 1.82) is 0 Å². The molecule has 2 aromatic heterocycles. The van der Waals surface area contributed by atoms with Gasteiger partial charge in [-0.3, -0.25) is 4.79 Å². The first-order chi connectivity index (χ1) is 15.0. The maximum Gasteiger partial charge on any atom is 0.355 e. The van der Waals surface area contributed by atoms with Gasteiger partial charge in [-0.15, -0.1) is 0 Å². The number of amides is 1. The monoisotopic (exact) mass is 419 g/mol. The number of hydrogen-bond donors (Lipinski definition) is 1. The van der Waals surface area contributed by atoms with Gasteiger partial charge in [0.05, 0.1) is 17.6 Å². The van der Waals surface area contributed by atoms with Crippen molar-refractivity contribution in [2.45, 2.75) is 20.4 Å². The molecule has 0 aliphatic carbocycles. The third kappa shape index (κ3) is 4.21. The summed E-state index contributed by atoms with van der Waals surface area (Å²) in [6.45, 7) is 3.87. The molecular formula is C24H22FN3O3. The molecule has 2 aromatic carbocycles. The second-order valence-electron chi connectivity index (χ2n) is 7.18. The van der Waals surface area contributed by atoms with Crippen molar-refractivity contribution in [2.75, 3.05) is 11.9 Å². The molecule has 0 radical (unpaired) electrons. The Kier molecular flexibility index (Phi) is 5.58. The molecule has 2 heterocycles. The highest BCUT2D eigenvalue weighted by atomic mass is 19.1. The number of benzene rings is 2. The molecule has 4 rings (SSSR count). The van der Waals surface area contributed by atoms with Gasteiger partial charge in [0.25, 0.3) is 0 Å². The van der Waals surface area contributed by atoms with Crippen LogP contribution in [0.4, 0.5) is 10.1 Å². The minimum Gasteiger partial charge on any atom is -0.461 e. The van der Waals surface area contributed by atoms with Crippen LogP contribution in [0.15, 0.2) is 66.9 Å². The number of rotatable bonds is 6. The Morgan fingerprint density at radius 1 is 1.00 bits per heavy atom. The Labute approximate surface area is 178 Å². The van der Waals surface area contributed by atoms with Crippen molar-refractivity contribution < 1.29 is 18.7 Å². The third-order valence-electron chi connectivity index (χ3n) is 4.98. The number of carbonyl (C=O) groups excluding carboxylic acids is 2. The summed E-state index contributed by atoms with van der Waals surface area (Å²) in [6.07, 6.45) is 1.82. The van der Waals surface area contributed by atoms with Crippen molar-refractivity contribution in [2.24, 2.45) is 0 Å². The number of fused-ring (bicyclic) bond motifs is 1. The maximum absolute atomic E-state index is 13.3. The van der Waals surface area contributed by atoms with Gasteiger partial charge in [-0.1, -0.05) is 17.7 Å². The van der Waals surface area contributed by atoms with E-state index in [1.54, 1.807) is 29.7 Å². The van der Waals surface area contributed by atoms with E-state index in [2.05, 4.69) is 5.32 Å². The molecule has 0 aliphatic heterocycles. The van der Waals surface area contributed by atoms with E-state index >= 15 is 0 Å². The van der Waals surface area contributed by atoms with Gasteiger partial charge in [0.1, 0.15) is 18.1 Å². The van der Waals surface area contributed by atoms with Crippen LogP contribution in [-0.2, 0) is 16.1 Å². The fourth-order valence-electron chi connectivity index (χ4n) is 3.50. The molecule has 0 fully saturated rings. The second kappa shape index (κ2) is 8.47. The zero-order valence-electron chi connectivity index (χ0n) is 17.3. The summed E-state index contributed by atoms with van der Waals surface area (Å²) < 4.78 is 22.0. The van der Waals surface area contributed by atoms with Crippen LogP contribution in [0.25, 0.3) is 16.7 Å². The average molecular weight is 419 g/mol. The first-order valence-corrected chi connectivity index (χ1v) is 9.96. The number of nitrogens with zero attached hydrogens (tertiary/aromatic N) is 2. The maximum atomic E-state index is 13.3. The van der Waals surface area contributed by atoms with Crippen LogP contribution in [-0.4, -0.2) is 27.6 Å². The standard InChI is InChI=1S/C24H22FN3O3/c1-3-31-24(30)22-14-21-20(12-13-27(21)19-10-6-17(25)7-11-19)28(22)15-23(29)26-18-8-4-16(2)5-9-18/h4-14H,3,15H2,1-2H3,(H,26,29). The molecule has 1 amide bonds. The SMILES string of the molecule is CCOC(=O)c1cc2c(ccn2-c2ccc(F)cc2)n1CC(=O)Nc1ccc(C)cc1. The Bertz CT molecular complexity index is 1240. The van der Waals surface area contributed by atoms with E-state index in [0.717, 1.165) is 16.8 Å². The van der Waals surface area contributed by atoms with Crippen LogP contribution in [0.1, 0.15) is 23.0 Å². The summed E-state index contributed by atoms with van der Waals surface area (Å²) in [6, 6.07) is 17.0. The smallest absolute Gasteiger partial charge is 0.355 e. The summed E-state index contributed by atoms with van der Waals surface area (Å²) in [4.78, 5) is 25.3. The summed E-state index contributed by atoms with van der Waals surface area (Å²) in [5.74, 6) is -1.10. The van der Waals surface area contributed by atoms with Crippen LogP contribution in [0.5, 0.6) is 0 Å². The molecule has 0 saturated heterocycles. The number of aryl methyl sites for hydroxylation is 1. The predicted octanol–water partition coefficient (Wildman–Crippen LogP) is 4.69. The molecule has 7 heteroatoms. The fraction of sp³-hybridized carbons (Fsp3) is 0.167. The molecule has 6 nitrogen and oxygen atoms in total. The topological polar surface area (TPSA) is 65.3 Å². The number of esters is 1. The minimum atomic E-state index is -0.507. The number of carbonyl (C=O) groups is 2. The van der Waals surface area contributed by atoms with Gasteiger partial charge in [0, 0.05) is 17.6 Å². The quantitative estimate of drug-likeness (QED) is 0.461. The summed E-state index contributed by atoms with van der Waals surface area (Å²) in [7, 11) is 0.